The third-order valence-electron chi connectivity index (χ3n) is 4.53. The van der Waals surface area contributed by atoms with Crippen molar-refractivity contribution in [3.63, 3.8) is 0 Å². The number of nitrogens with one attached hydrogen (secondary N) is 1. The van der Waals surface area contributed by atoms with E-state index in [0.29, 0.717) is 31.2 Å². The van der Waals surface area contributed by atoms with Crippen LogP contribution in [0.15, 0.2) is 0 Å². The number of nitrogens with zero attached hydrogens (tertiary/aromatic N) is 1. The van der Waals surface area contributed by atoms with Gasteiger partial charge in [-0.05, 0) is 38.5 Å². The van der Waals surface area contributed by atoms with Crippen LogP contribution in [0.5, 0.6) is 0 Å². The summed E-state index contributed by atoms with van der Waals surface area (Å²) >= 11 is 0. The van der Waals surface area contributed by atoms with E-state index >= 15 is 0 Å². The first kappa shape index (κ1) is 14.6. The number of ether oxygens (including phenoxy) is 1. The molecule has 2 amide bonds. The fraction of sp³-hybridized carbons (Fsp3) is 0.933. The van der Waals surface area contributed by atoms with Crippen LogP contribution >= 0.6 is 0 Å². The molecule has 2 rings (SSSR count). The first-order chi connectivity index (χ1) is 9.22. The molecule has 1 unspecified atom stereocenters. The van der Waals surface area contributed by atoms with Crippen molar-refractivity contribution in [3.05, 3.63) is 0 Å². The SMILES string of the molecule is COCCN(C(=O)NC1CCCCC1)C(C)C1CC1. The van der Waals surface area contributed by atoms with E-state index in [2.05, 4.69) is 12.2 Å². The van der Waals surface area contributed by atoms with Crippen LogP contribution in [-0.2, 0) is 4.74 Å². The largest absolute Gasteiger partial charge is 0.383 e. The molecule has 2 aliphatic rings. The molecule has 0 aromatic heterocycles. The van der Waals surface area contributed by atoms with Crippen LogP contribution < -0.4 is 5.32 Å². The molecule has 1 atom stereocenters. The predicted molar refractivity (Wildman–Crippen MR) is 76.2 cm³/mol. The summed E-state index contributed by atoms with van der Waals surface area (Å²) in [5.74, 6) is 0.703. The van der Waals surface area contributed by atoms with Gasteiger partial charge in [0.25, 0.3) is 0 Å². The highest BCUT2D eigenvalue weighted by Gasteiger charge is 2.34. The Hall–Kier alpha value is -0.770. The zero-order valence-corrected chi connectivity index (χ0v) is 12.4. The van der Waals surface area contributed by atoms with Crippen LogP contribution in [0, 0.1) is 5.92 Å². The first-order valence-corrected chi connectivity index (χ1v) is 7.78. The third kappa shape index (κ3) is 4.37. The van der Waals surface area contributed by atoms with E-state index in [1.807, 2.05) is 4.90 Å². The molecule has 0 radical (unpaired) electrons. The van der Waals surface area contributed by atoms with Gasteiger partial charge in [0.05, 0.1) is 6.61 Å². The van der Waals surface area contributed by atoms with Crippen LogP contribution in [0.3, 0.4) is 0 Å². The number of amides is 2. The first-order valence-electron chi connectivity index (χ1n) is 7.78. The molecule has 110 valence electrons. The number of carbonyl (C=O) groups excluding carboxylic acids is 1. The van der Waals surface area contributed by atoms with Gasteiger partial charge in [-0.1, -0.05) is 19.3 Å². The summed E-state index contributed by atoms with van der Waals surface area (Å²) in [7, 11) is 1.69. The van der Waals surface area contributed by atoms with Gasteiger partial charge in [-0.15, -0.1) is 0 Å². The highest BCUT2D eigenvalue weighted by molar-refractivity contribution is 5.75. The van der Waals surface area contributed by atoms with Crippen molar-refractivity contribution in [2.75, 3.05) is 20.3 Å². The molecule has 0 aliphatic heterocycles. The number of rotatable bonds is 6. The summed E-state index contributed by atoms with van der Waals surface area (Å²) in [5, 5.41) is 3.22. The molecule has 2 saturated carbocycles. The predicted octanol–water partition coefficient (Wildman–Crippen LogP) is 2.78. The Balaban J connectivity index is 1.85. The van der Waals surface area contributed by atoms with Gasteiger partial charge in [0.1, 0.15) is 0 Å². The maximum atomic E-state index is 12.5. The van der Waals surface area contributed by atoms with Crippen molar-refractivity contribution >= 4 is 6.03 Å². The maximum Gasteiger partial charge on any atom is 0.317 e. The maximum absolute atomic E-state index is 12.5. The Morgan fingerprint density at radius 3 is 2.53 bits per heavy atom. The minimum absolute atomic E-state index is 0.114. The highest BCUT2D eigenvalue weighted by atomic mass is 16.5. The van der Waals surface area contributed by atoms with E-state index < -0.39 is 0 Å². The Morgan fingerprint density at radius 1 is 1.26 bits per heavy atom. The molecule has 2 aliphatic carbocycles. The van der Waals surface area contributed by atoms with Crippen LogP contribution in [0.2, 0.25) is 0 Å². The molecule has 4 nitrogen and oxygen atoms in total. The summed E-state index contributed by atoms with van der Waals surface area (Å²) < 4.78 is 5.14. The van der Waals surface area contributed by atoms with E-state index in [1.54, 1.807) is 7.11 Å². The van der Waals surface area contributed by atoms with Crippen LogP contribution in [0.4, 0.5) is 4.79 Å². The number of methoxy groups -OCH3 is 1. The van der Waals surface area contributed by atoms with Crippen molar-refractivity contribution in [2.24, 2.45) is 5.92 Å². The molecule has 0 aromatic rings. The van der Waals surface area contributed by atoms with Gasteiger partial charge in [-0.3, -0.25) is 0 Å². The fourth-order valence-corrected chi connectivity index (χ4v) is 3.02. The Kier molecular flexibility index (Phi) is 5.49. The fourth-order valence-electron chi connectivity index (χ4n) is 3.02. The van der Waals surface area contributed by atoms with Crippen molar-refractivity contribution in [2.45, 2.75) is 64.0 Å². The van der Waals surface area contributed by atoms with E-state index in [4.69, 9.17) is 4.74 Å². The van der Waals surface area contributed by atoms with Crippen molar-refractivity contribution in [1.82, 2.24) is 10.2 Å². The monoisotopic (exact) mass is 268 g/mol. The van der Waals surface area contributed by atoms with Gasteiger partial charge in [0.2, 0.25) is 0 Å². The molecule has 1 N–H and O–H groups in total. The zero-order chi connectivity index (χ0) is 13.7. The molecule has 2 fully saturated rings. The minimum atomic E-state index is 0.114. The second-order valence-corrected chi connectivity index (χ2v) is 6.05. The molecule has 19 heavy (non-hydrogen) atoms. The summed E-state index contributed by atoms with van der Waals surface area (Å²) in [6, 6.07) is 0.847. The van der Waals surface area contributed by atoms with Gasteiger partial charge in [-0.25, -0.2) is 4.79 Å². The molecule has 0 bridgehead atoms. The summed E-state index contributed by atoms with van der Waals surface area (Å²) in [4.78, 5) is 14.4. The van der Waals surface area contributed by atoms with Crippen LogP contribution in [0.1, 0.15) is 51.9 Å². The zero-order valence-electron chi connectivity index (χ0n) is 12.4. The lowest BCUT2D eigenvalue weighted by molar-refractivity contribution is 0.124. The molecular formula is C15H28N2O2. The van der Waals surface area contributed by atoms with Crippen molar-refractivity contribution in [3.8, 4) is 0 Å². The molecule has 4 heteroatoms. The van der Waals surface area contributed by atoms with Crippen molar-refractivity contribution < 1.29 is 9.53 Å². The molecular weight excluding hydrogens is 240 g/mol. The highest BCUT2D eigenvalue weighted by Crippen LogP contribution is 2.35. The summed E-state index contributed by atoms with van der Waals surface area (Å²) in [6.45, 7) is 3.50. The number of hydrogen-bond acceptors (Lipinski definition) is 2. The lowest BCUT2D eigenvalue weighted by Gasteiger charge is -2.32. The van der Waals surface area contributed by atoms with Crippen LogP contribution in [0.25, 0.3) is 0 Å². The quantitative estimate of drug-likeness (QED) is 0.805. The summed E-state index contributed by atoms with van der Waals surface area (Å²) in [5.41, 5.74) is 0. The average Bonchev–Trinajstić information content (AvgIpc) is 3.24. The number of carbonyl (C=O) groups is 1. The van der Waals surface area contributed by atoms with Gasteiger partial charge >= 0.3 is 6.03 Å². The Bertz CT molecular complexity index is 286. The molecule has 0 spiro atoms. The normalized spacial score (nSPS) is 22.0. The Morgan fingerprint density at radius 2 is 1.95 bits per heavy atom. The van der Waals surface area contributed by atoms with E-state index in [-0.39, 0.29) is 6.03 Å². The molecule has 0 aromatic carbocycles. The summed E-state index contributed by atoms with van der Waals surface area (Å²) in [6.07, 6.45) is 8.63. The minimum Gasteiger partial charge on any atom is -0.383 e. The standard InChI is InChI=1S/C15H28N2O2/c1-12(13-8-9-13)17(10-11-19-2)15(18)16-14-6-4-3-5-7-14/h12-14H,3-11H2,1-2H3,(H,16,18). The lowest BCUT2D eigenvalue weighted by Crippen LogP contribution is -2.50. The molecule has 0 heterocycles. The van der Waals surface area contributed by atoms with E-state index in [9.17, 15) is 4.79 Å². The number of hydrogen-bond donors (Lipinski definition) is 1. The second-order valence-electron chi connectivity index (χ2n) is 6.05. The van der Waals surface area contributed by atoms with Crippen molar-refractivity contribution in [1.29, 1.82) is 0 Å². The number of urea groups is 1. The second kappa shape index (κ2) is 7.13. The van der Waals surface area contributed by atoms with Gasteiger partial charge in [-0.2, -0.15) is 0 Å². The van der Waals surface area contributed by atoms with Gasteiger partial charge < -0.3 is 15.0 Å². The van der Waals surface area contributed by atoms with Gasteiger partial charge in [0.15, 0.2) is 0 Å². The van der Waals surface area contributed by atoms with E-state index in [0.717, 1.165) is 12.8 Å². The smallest absolute Gasteiger partial charge is 0.317 e. The molecule has 0 saturated heterocycles. The van der Waals surface area contributed by atoms with Gasteiger partial charge in [0, 0.05) is 25.7 Å². The third-order valence-corrected chi connectivity index (χ3v) is 4.53. The lowest BCUT2D eigenvalue weighted by atomic mass is 9.96. The van der Waals surface area contributed by atoms with E-state index in [1.165, 1.54) is 32.1 Å². The Labute approximate surface area is 116 Å². The van der Waals surface area contributed by atoms with Crippen LogP contribution in [-0.4, -0.2) is 43.3 Å². The average molecular weight is 268 g/mol. The topological polar surface area (TPSA) is 41.6 Å².